The highest BCUT2D eigenvalue weighted by atomic mass is 16.5. The summed E-state index contributed by atoms with van der Waals surface area (Å²) in [6.07, 6.45) is 2.69. The standard InChI is InChI=1S/C15H15NO3/c1-19-14-7-5-11-9-13(6-4-12(11)10-14)16-8-2-3-15(17)18/h2-7,9-10,16H,8H2,1H3,(H,17,18)/b3-2+. The van der Waals surface area contributed by atoms with Crippen LogP contribution in [0, 0.1) is 0 Å². The number of rotatable bonds is 5. The van der Waals surface area contributed by atoms with E-state index in [2.05, 4.69) is 5.32 Å². The second-order valence-electron chi connectivity index (χ2n) is 4.05. The average molecular weight is 257 g/mol. The summed E-state index contributed by atoms with van der Waals surface area (Å²) in [4.78, 5) is 10.3. The first-order valence-electron chi connectivity index (χ1n) is 5.90. The molecule has 98 valence electrons. The summed E-state index contributed by atoms with van der Waals surface area (Å²) >= 11 is 0. The van der Waals surface area contributed by atoms with Crippen LogP contribution in [0.15, 0.2) is 48.6 Å². The van der Waals surface area contributed by atoms with E-state index in [4.69, 9.17) is 9.84 Å². The van der Waals surface area contributed by atoms with E-state index in [0.717, 1.165) is 28.3 Å². The molecule has 0 heterocycles. The number of carboxylic acids is 1. The minimum absolute atomic E-state index is 0.480. The Labute approximate surface area is 111 Å². The molecule has 0 radical (unpaired) electrons. The fraction of sp³-hybridized carbons (Fsp3) is 0.133. The van der Waals surface area contributed by atoms with Crippen LogP contribution in [0.25, 0.3) is 10.8 Å². The molecule has 0 spiro atoms. The van der Waals surface area contributed by atoms with Gasteiger partial charge in [-0.1, -0.05) is 18.2 Å². The van der Waals surface area contributed by atoms with Crippen LogP contribution in [-0.4, -0.2) is 24.7 Å². The maximum absolute atomic E-state index is 10.3. The number of anilines is 1. The van der Waals surface area contributed by atoms with Crippen LogP contribution >= 0.6 is 0 Å². The number of benzene rings is 2. The number of carbonyl (C=O) groups is 1. The normalized spacial score (nSPS) is 10.8. The third kappa shape index (κ3) is 3.48. The van der Waals surface area contributed by atoms with Gasteiger partial charge in [0.05, 0.1) is 7.11 Å². The van der Waals surface area contributed by atoms with E-state index in [0.29, 0.717) is 6.54 Å². The molecule has 4 heteroatoms. The molecule has 2 aromatic rings. The Morgan fingerprint density at radius 1 is 1.26 bits per heavy atom. The molecule has 2 N–H and O–H groups in total. The molecule has 4 nitrogen and oxygen atoms in total. The molecule has 2 rings (SSSR count). The van der Waals surface area contributed by atoms with Crippen molar-refractivity contribution in [3.05, 3.63) is 48.6 Å². The molecule has 0 aromatic heterocycles. The summed E-state index contributed by atoms with van der Waals surface area (Å²) < 4.78 is 5.17. The first-order chi connectivity index (χ1) is 9.19. The Kier molecular flexibility index (Phi) is 4.03. The minimum Gasteiger partial charge on any atom is -0.497 e. The zero-order valence-corrected chi connectivity index (χ0v) is 10.6. The second kappa shape index (κ2) is 5.91. The van der Waals surface area contributed by atoms with E-state index in [1.165, 1.54) is 0 Å². The number of nitrogens with one attached hydrogen (secondary N) is 1. The van der Waals surface area contributed by atoms with Crippen molar-refractivity contribution in [2.45, 2.75) is 0 Å². The Hall–Kier alpha value is -2.49. The first-order valence-corrected chi connectivity index (χ1v) is 5.90. The average Bonchev–Trinajstić information content (AvgIpc) is 2.42. The number of hydrogen-bond donors (Lipinski definition) is 2. The van der Waals surface area contributed by atoms with Crippen molar-refractivity contribution in [1.29, 1.82) is 0 Å². The highest BCUT2D eigenvalue weighted by Gasteiger charge is 1.98. The molecule has 0 aliphatic heterocycles. The number of aliphatic carboxylic acids is 1. The lowest BCUT2D eigenvalue weighted by Gasteiger charge is -2.06. The molecule has 0 bridgehead atoms. The Balaban J connectivity index is 2.11. The van der Waals surface area contributed by atoms with Gasteiger partial charge in [-0.3, -0.25) is 0 Å². The van der Waals surface area contributed by atoms with Gasteiger partial charge in [-0.15, -0.1) is 0 Å². The fourth-order valence-corrected chi connectivity index (χ4v) is 1.80. The van der Waals surface area contributed by atoms with Crippen LogP contribution in [0.1, 0.15) is 0 Å². The number of carboxylic acid groups (broad SMARTS) is 1. The van der Waals surface area contributed by atoms with Crippen LogP contribution in [0.3, 0.4) is 0 Å². The molecule has 19 heavy (non-hydrogen) atoms. The third-order valence-corrected chi connectivity index (χ3v) is 2.73. The molecule has 0 amide bonds. The minimum atomic E-state index is -0.938. The highest BCUT2D eigenvalue weighted by molar-refractivity contribution is 5.87. The van der Waals surface area contributed by atoms with Crippen LogP contribution in [-0.2, 0) is 4.79 Å². The van der Waals surface area contributed by atoms with Gasteiger partial charge in [0.2, 0.25) is 0 Å². The molecule has 2 aromatic carbocycles. The molecule has 0 fully saturated rings. The largest absolute Gasteiger partial charge is 0.497 e. The zero-order chi connectivity index (χ0) is 13.7. The lowest BCUT2D eigenvalue weighted by Crippen LogP contribution is -1.99. The summed E-state index contributed by atoms with van der Waals surface area (Å²) in [5.41, 5.74) is 0.952. The Morgan fingerprint density at radius 3 is 2.74 bits per heavy atom. The van der Waals surface area contributed by atoms with Crippen LogP contribution in [0.4, 0.5) is 5.69 Å². The van der Waals surface area contributed by atoms with E-state index in [1.807, 2.05) is 36.4 Å². The van der Waals surface area contributed by atoms with Gasteiger partial charge in [-0.05, 0) is 35.0 Å². The maximum Gasteiger partial charge on any atom is 0.328 e. The highest BCUT2D eigenvalue weighted by Crippen LogP contribution is 2.23. The number of methoxy groups -OCH3 is 1. The SMILES string of the molecule is COc1ccc2cc(NC/C=C/C(=O)O)ccc2c1. The molecule has 0 saturated carbocycles. The van der Waals surface area contributed by atoms with Crippen molar-refractivity contribution in [2.24, 2.45) is 0 Å². The number of ether oxygens (including phenoxy) is 1. The van der Waals surface area contributed by atoms with Crippen molar-refractivity contribution in [3.63, 3.8) is 0 Å². The van der Waals surface area contributed by atoms with Gasteiger partial charge in [0.25, 0.3) is 0 Å². The lowest BCUT2D eigenvalue weighted by atomic mass is 10.1. The maximum atomic E-state index is 10.3. The third-order valence-electron chi connectivity index (χ3n) is 2.73. The van der Waals surface area contributed by atoms with Crippen LogP contribution < -0.4 is 10.1 Å². The fourth-order valence-electron chi connectivity index (χ4n) is 1.80. The zero-order valence-electron chi connectivity index (χ0n) is 10.6. The van der Waals surface area contributed by atoms with Gasteiger partial charge in [-0.25, -0.2) is 4.79 Å². The van der Waals surface area contributed by atoms with Gasteiger partial charge in [-0.2, -0.15) is 0 Å². The van der Waals surface area contributed by atoms with Crippen LogP contribution in [0.2, 0.25) is 0 Å². The Morgan fingerprint density at radius 2 is 2.00 bits per heavy atom. The summed E-state index contributed by atoms with van der Waals surface area (Å²) in [5.74, 6) is -0.106. The monoisotopic (exact) mass is 257 g/mol. The van der Waals surface area contributed by atoms with Gasteiger partial charge < -0.3 is 15.2 Å². The topological polar surface area (TPSA) is 58.6 Å². The van der Waals surface area contributed by atoms with Crippen molar-refractivity contribution in [2.75, 3.05) is 19.0 Å². The molecule has 0 unspecified atom stereocenters. The van der Waals surface area contributed by atoms with Crippen molar-refractivity contribution >= 4 is 22.4 Å². The molecule has 0 atom stereocenters. The summed E-state index contributed by atoms with van der Waals surface area (Å²) in [7, 11) is 1.64. The smallest absolute Gasteiger partial charge is 0.328 e. The Bertz CT molecular complexity index is 620. The predicted octanol–water partition coefficient (Wildman–Crippen LogP) is 2.90. The summed E-state index contributed by atoms with van der Waals surface area (Å²) in [6.45, 7) is 0.480. The van der Waals surface area contributed by atoms with Gasteiger partial charge >= 0.3 is 5.97 Å². The first kappa shape index (κ1) is 13.0. The summed E-state index contributed by atoms with van der Waals surface area (Å²) in [6, 6.07) is 11.9. The van der Waals surface area contributed by atoms with Crippen molar-refractivity contribution in [1.82, 2.24) is 0 Å². The molecule has 0 aliphatic rings. The molecular formula is C15H15NO3. The van der Waals surface area contributed by atoms with Crippen molar-refractivity contribution in [3.8, 4) is 5.75 Å². The predicted molar refractivity (Wildman–Crippen MR) is 75.8 cm³/mol. The van der Waals surface area contributed by atoms with Gasteiger partial charge in [0, 0.05) is 18.3 Å². The van der Waals surface area contributed by atoms with Crippen LogP contribution in [0.5, 0.6) is 5.75 Å². The van der Waals surface area contributed by atoms with E-state index in [-0.39, 0.29) is 0 Å². The summed E-state index contributed by atoms with van der Waals surface area (Å²) in [5, 5.41) is 13.8. The van der Waals surface area contributed by atoms with Gasteiger partial charge in [0.15, 0.2) is 0 Å². The molecule has 0 saturated heterocycles. The second-order valence-corrected chi connectivity index (χ2v) is 4.05. The number of hydrogen-bond acceptors (Lipinski definition) is 3. The van der Waals surface area contributed by atoms with E-state index in [9.17, 15) is 4.79 Å². The number of fused-ring (bicyclic) bond motifs is 1. The molecule has 0 aliphatic carbocycles. The van der Waals surface area contributed by atoms with Gasteiger partial charge in [0.1, 0.15) is 5.75 Å². The van der Waals surface area contributed by atoms with E-state index < -0.39 is 5.97 Å². The van der Waals surface area contributed by atoms with Crippen molar-refractivity contribution < 1.29 is 14.6 Å². The van der Waals surface area contributed by atoms with E-state index >= 15 is 0 Å². The lowest BCUT2D eigenvalue weighted by molar-refractivity contribution is -0.131. The van der Waals surface area contributed by atoms with E-state index in [1.54, 1.807) is 13.2 Å². The molecular weight excluding hydrogens is 242 g/mol. The quantitative estimate of drug-likeness (QED) is 0.809.